The van der Waals surface area contributed by atoms with E-state index in [1.54, 1.807) is 0 Å². The lowest BCUT2D eigenvalue weighted by Crippen LogP contribution is -2.35. The highest BCUT2D eigenvalue weighted by Crippen LogP contribution is 2.17. The minimum absolute atomic E-state index is 0.160. The first-order valence-corrected chi connectivity index (χ1v) is 5.77. The first-order chi connectivity index (χ1) is 7.44. The van der Waals surface area contributed by atoms with E-state index in [1.807, 2.05) is 0 Å². The number of aryl methyl sites for hydroxylation is 1. The van der Waals surface area contributed by atoms with Crippen LogP contribution in [0.2, 0.25) is 0 Å². The molecule has 0 fully saturated rings. The fourth-order valence-electron chi connectivity index (χ4n) is 1.77. The Bertz CT molecular complexity index is 489. The topological polar surface area (TPSA) is 27.8 Å². The van der Waals surface area contributed by atoms with Gasteiger partial charge in [0.2, 0.25) is 0 Å². The number of rotatable bonds is 2. The summed E-state index contributed by atoms with van der Waals surface area (Å²) in [6.45, 7) is 9.55. The highest BCUT2D eigenvalue weighted by atomic mass is 15.0. The molecule has 2 heteroatoms. The minimum atomic E-state index is 0.160. The summed E-state index contributed by atoms with van der Waals surface area (Å²) in [4.78, 5) is 3.43. The van der Waals surface area contributed by atoms with Crippen LogP contribution in [0.25, 0.3) is 10.9 Å². The zero-order valence-electron chi connectivity index (χ0n) is 10.5. The molecule has 0 aliphatic rings. The SMILES string of the molecule is Cc1ccc2[nH]c(CNC(C)(C)C)cc2c1. The molecule has 1 heterocycles. The van der Waals surface area contributed by atoms with Gasteiger partial charge in [-0.25, -0.2) is 0 Å². The molecule has 0 radical (unpaired) electrons. The number of nitrogens with one attached hydrogen (secondary N) is 2. The van der Waals surface area contributed by atoms with Crippen LogP contribution < -0.4 is 5.32 Å². The Morgan fingerprint density at radius 3 is 2.62 bits per heavy atom. The number of aromatic nitrogens is 1. The van der Waals surface area contributed by atoms with Crippen LogP contribution >= 0.6 is 0 Å². The Morgan fingerprint density at radius 2 is 1.94 bits per heavy atom. The molecule has 0 bridgehead atoms. The van der Waals surface area contributed by atoms with E-state index < -0.39 is 0 Å². The van der Waals surface area contributed by atoms with Gasteiger partial charge in [0.15, 0.2) is 0 Å². The van der Waals surface area contributed by atoms with Crippen molar-refractivity contribution in [1.29, 1.82) is 0 Å². The van der Waals surface area contributed by atoms with Crippen LogP contribution in [0, 0.1) is 6.92 Å². The maximum absolute atomic E-state index is 3.48. The quantitative estimate of drug-likeness (QED) is 0.791. The van der Waals surface area contributed by atoms with Crippen molar-refractivity contribution in [2.45, 2.75) is 39.8 Å². The molecule has 2 rings (SSSR count). The lowest BCUT2D eigenvalue weighted by atomic mass is 10.1. The lowest BCUT2D eigenvalue weighted by molar-refractivity contribution is 0.422. The molecular formula is C14H20N2. The number of H-pyrrole nitrogens is 1. The number of hydrogen-bond donors (Lipinski definition) is 2. The predicted molar refractivity (Wildman–Crippen MR) is 69.6 cm³/mol. The van der Waals surface area contributed by atoms with E-state index in [2.05, 4.69) is 62.3 Å². The van der Waals surface area contributed by atoms with Crippen molar-refractivity contribution >= 4 is 10.9 Å². The molecule has 1 aromatic carbocycles. The third kappa shape index (κ3) is 2.64. The smallest absolute Gasteiger partial charge is 0.0456 e. The second-order valence-corrected chi connectivity index (χ2v) is 5.49. The van der Waals surface area contributed by atoms with E-state index in [-0.39, 0.29) is 5.54 Å². The second kappa shape index (κ2) is 3.95. The zero-order valence-corrected chi connectivity index (χ0v) is 10.5. The number of fused-ring (bicyclic) bond motifs is 1. The Balaban J connectivity index is 2.20. The molecule has 1 aromatic heterocycles. The predicted octanol–water partition coefficient (Wildman–Crippen LogP) is 3.36. The fourth-order valence-corrected chi connectivity index (χ4v) is 1.77. The van der Waals surface area contributed by atoms with Gasteiger partial charge in [-0.3, -0.25) is 0 Å². The first-order valence-electron chi connectivity index (χ1n) is 5.77. The Labute approximate surface area is 97.1 Å². The third-order valence-corrected chi connectivity index (χ3v) is 2.64. The van der Waals surface area contributed by atoms with E-state index in [1.165, 1.54) is 22.2 Å². The van der Waals surface area contributed by atoms with Gasteiger partial charge in [-0.2, -0.15) is 0 Å². The van der Waals surface area contributed by atoms with Crippen molar-refractivity contribution in [1.82, 2.24) is 10.3 Å². The average molecular weight is 216 g/mol. The van der Waals surface area contributed by atoms with Gasteiger partial charge >= 0.3 is 0 Å². The molecular weight excluding hydrogens is 196 g/mol. The molecule has 0 spiro atoms. The second-order valence-electron chi connectivity index (χ2n) is 5.49. The summed E-state index contributed by atoms with van der Waals surface area (Å²) in [6.07, 6.45) is 0. The number of hydrogen-bond acceptors (Lipinski definition) is 1. The first kappa shape index (κ1) is 11.2. The molecule has 0 aliphatic carbocycles. The lowest BCUT2D eigenvalue weighted by Gasteiger charge is -2.19. The standard InChI is InChI=1S/C14H20N2/c1-10-5-6-13-11(7-10)8-12(16-13)9-15-14(2,3)4/h5-8,15-16H,9H2,1-4H3. The molecule has 0 amide bonds. The van der Waals surface area contributed by atoms with Gasteiger partial charge in [0.25, 0.3) is 0 Å². The Hall–Kier alpha value is -1.28. The van der Waals surface area contributed by atoms with Gasteiger partial charge < -0.3 is 10.3 Å². The van der Waals surface area contributed by atoms with E-state index in [4.69, 9.17) is 0 Å². The molecule has 0 saturated carbocycles. The number of aromatic amines is 1. The molecule has 86 valence electrons. The van der Waals surface area contributed by atoms with E-state index in [0.717, 1.165) is 6.54 Å². The van der Waals surface area contributed by atoms with Crippen molar-refractivity contribution < 1.29 is 0 Å². The summed E-state index contributed by atoms with van der Waals surface area (Å²) in [5.41, 5.74) is 3.93. The van der Waals surface area contributed by atoms with Crippen LogP contribution in [0.1, 0.15) is 32.0 Å². The Morgan fingerprint density at radius 1 is 1.19 bits per heavy atom. The molecule has 2 aromatic rings. The molecule has 0 saturated heterocycles. The van der Waals surface area contributed by atoms with Gasteiger partial charge in [-0.1, -0.05) is 11.6 Å². The van der Waals surface area contributed by atoms with Crippen LogP contribution in [-0.4, -0.2) is 10.5 Å². The molecule has 0 aliphatic heterocycles. The average Bonchev–Trinajstić information content (AvgIpc) is 2.55. The Kier molecular flexibility index (Phi) is 2.76. The largest absolute Gasteiger partial charge is 0.357 e. The van der Waals surface area contributed by atoms with E-state index in [9.17, 15) is 0 Å². The van der Waals surface area contributed by atoms with Crippen LogP contribution in [0.3, 0.4) is 0 Å². The van der Waals surface area contributed by atoms with Crippen molar-refractivity contribution in [2.24, 2.45) is 0 Å². The zero-order chi connectivity index (χ0) is 11.8. The van der Waals surface area contributed by atoms with Crippen molar-refractivity contribution in [3.8, 4) is 0 Å². The molecule has 2 nitrogen and oxygen atoms in total. The van der Waals surface area contributed by atoms with Gasteiger partial charge in [0.1, 0.15) is 0 Å². The third-order valence-electron chi connectivity index (χ3n) is 2.64. The van der Waals surface area contributed by atoms with E-state index in [0.29, 0.717) is 0 Å². The maximum Gasteiger partial charge on any atom is 0.0456 e. The summed E-state index contributed by atoms with van der Waals surface area (Å²) in [7, 11) is 0. The normalized spacial score (nSPS) is 12.2. The molecule has 0 unspecified atom stereocenters. The van der Waals surface area contributed by atoms with Crippen LogP contribution in [0.4, 0.5) is 0 Å². The van der Waals surface area contributed by atoms with Gasteiger partial charge in [-0.05, 0) is 51.3 Å². The van der Waals surface area contributed by atoms with Crippen LogP contribution in [0.5, 0.6) is 0 Å². The minimum Gasteiger partial charge on any atom is -0.357 e. The number of benzene rings is 1. The van der Waals surface area contributed by atoms with Gasteiger partial charge in [0, 0.05) is 23.3 Å². The van der Waals surface area contributed by atoms with Gasteiger partial charge in [-0.15, -0.1) is 0 Å². The monoisotopic (exact) mass is 216 g/mol. The van der Waals surface area contributed by atoms with Crippen molar-refractivity contribution in [2.75, 3.05) is 0 Å². The summed E-state index contributed by atoms with van der Waals surface area (Å²) in [5.74, 6) is 0. The van der Waals surface area contributed by atoms with Crippen molar-refractivity contribution in [3.05, 3.63) is 35.5 Å². The molecule has 16 heavy (non-hydrogen) atoms. The molecule has 0 atom stereocenters. The van der Waals surface area contributed by atoms with Crippen LogP contribution in [-0.2, 0) is 6.54 Å². The highest BCUT2D eigenvalue weighted by molar-refractivity contribution is 5.81. The summed E-state index contributed by atoms with van der Waals surface area (Å²) < 4.78 is 0. The summed E-state index contributed by atoms with van der Waals surface area (Å²) >= 11 is 0. The summed E-state index contributed by atoms with van der Waals surface area (Å²) in [6, 6.07) is 8.72. The molecule has 2 N–H and O–H groups in total. The fraction of sp³-hybridized carbons (Fsp3) is 0.429. The summed E-state index contributed by atoms with van der Waals surface area (Å²) in [5, 5.41) is 4.78. The van der Waals surface area contributed by atoms with Gasteiger partial charge in [0.05, 0.1) is 0 Å². The van der Waals surface area contributed by atoms with Crippen LogP contribution in [0.15, 0.2) is 24.3 Å². The van der Waals surface area contributed by atoms with E-state index >= 15 is 0 Å². The van der Waals surface area contributed by atoms with Crippen molar-refractivity contribution in [3.63, 3.8) is 0 Å². The highest BCUT2D eigenvalue weighted by Gasteiger charge is 2.09. The maximum atomic E-state index is 3.48.